The lowest BCUT2D eigenvalue weighted by Gasteiger charge is -2.39. The van der Waals surface area contributed by atoms with Gasteiger partial charge >= 0.3 is 12.1 Å². The van der Waals surface area contributed by atoms with Crippen LogP contribution in [0.2, 0.25) is 0 Å². The van der Waals surface area contributed by atoms with Gasteiger partial charge < -0.3 is 20.1 Å². The van der Waals surface area contributed by atoms with Crippen LogP contribution >= 0.6 is 0 Å². The Kier molecular flexibility index (Phi) is 7.30. The van der Waals surface area contributed by atoms with E-state index in [1.165, 1.54) is 4.90 Å². The van der Waals surface area contributed by atoms with E-state index in [1.807, 2.05) is 34.6 Å². The first-order chi connectivity index (χ1) is 12.1. The van der Waals surface area contributed by atoms with E-state index in [1.54, 1.807) is 20.8 Å². The number of rotatable bonds is 5. The highest BCUT2D eigenvalue weighted by Crippen LogP contribution is 2.37. The molecule has 1 aliphatic heterocycles. The smallest absolute Gasteiger partial charge is 0.408 e. The molecule has 7 nitrogen and oxygen atoms in total. The maximum Gasteiger partial charge on any atom is 0.408 e. The molecule has 2 amide bonds. The summed E-state index contributed by atoms with van der Waals surface area (Å²) in [7, 11) is 0. The van der Waals surface area contributed by atoms with Gasteiger partial charge in [-0.15, -0.1) is 0 Å². The van der Waals surface area contributed by atoms with Crippen LogP contribution in [-0.2, 0) is 14.3 Å². The largest absolute Gasteiger partial charge is 0.480 e. The number of nitrogens with one attached hydrogen (secondary N) is 1. The zero-order chi connectivity index (χ0) is 21.2. The molecule has 7 heteroatoms. The third-order valence-electron chi connectivity index (χ3n) is 4.62. The van der Waals surface area contributed by atoms with Crippen LogP contribution in [0.5, 0.6) is 0 Å². The van der Waals surface area contributed by atoms with E-state index in [0.29, 0.717) is 19.3 Å². The van der Waals surface area contributed by atoms with Crippen molar-refractivity contribution < 1.29 is 24.2 Å². The van der Waals surface area contributed by atoms with E-state index in [2.05, 4.69) is 5.32 Å². The number of hydrogen-bond donors (Lipinski definition) is 2. The summed E-state index contributed by atoms with van der Waals surface area (Å²) in [4.78, 5) is 38.8. The summed E-state index contributed by atoms with van der Waals surface area (Å²) >= 11 is 0. The number of carbonyl (C=O) groups is 3. The normalized spacial score (nSPS) is 21.9. The zero-order valence-corrected chi connectivity index (χ0v) is 18.0. The predicted molar refractivity (Wildman–Crippen MR) is 103 cm³/mol. The Balaban J connectivity index is 3.12. The Morgan fingerprint density at radius 1 is 1.11 bits per heavy atom. The van der Waals surface area contributed by atoms with Crippen molar-refractivity contribution in [2.75, 3.05) is 0 Å². The number of aliphatic carboxylic acids is 1. The van der Waals surface area contributed by atoms with E-state index in [-0.39, 0.29) is 23.3 Å². The number of likely N-dealkylation sites (tertiary alicyclic amines) is 1. The lowest BCUT2D eigenvalue weighted by atomic mass is 9.85. The Hall–Kier alpha value is -1.79. The molecule has 0 bridgehead atoms. The van der Waals surface area contributed by atoms with Gasteiger partial charge in [0.05, 0.1) is 0 Å². The molecule has 2 N–H and O–H groups in total. The quantitative estimate of drug-likeness (QED) is 0.757. The molecule has 3 atom stereocenters. The molecule has 156 valence electrons. The van der Waals surface area contributed by atoms with Crippen molar-refractivity contribution in [2.45, 2.75) is 98.4 Å². The van der Waals surface area contributed by atoms with Gasteiger partial charge in [-0.2, -0.15) is 0 Å². The predicted octanol–water partition coefficient (Wildman–Crippen LogP) is 3.42. The summed E-state index contributed by atoms with van der Waals surface area (Å²) in [5.41, 5.74) is -0.936. The number of alkyl carbamates (subject to hydrolysis) is 1. The van der Waals surface area contributed by atoms with Gasteiger partial charge in [0.1, 0.15) is 17.7 Å². The molecule has 0 unspecified atom stereocenters. The molecule has 1 rings (SSSR count). The standard InChI is InChI=1S/C20H36N2O5/c1-12(2)11-13(21-18(26)27-20(6,7)8)16(23)22-14(17(24)25)9-10-15(22)19(3,4)5/h12-15H,9-11H2,1-8H3,(H,21,26)(H,24,25)/t13-,14-,15+/m0/s1. The molecule has 0 aliphatic carbocycles. The Morgan fingerprint density at radius 3 is 2.07 bits per heavy atom. The van der Waals surface area contributed by atoms with Crippen molar-refractivity contribution in [3.8, 4) is 0 Å². The summed E-state index contributed by atoms with van der Waals surface area (Å²) in [6.45, 7) is 15.2. The molecular formula is C20H36N2O5. The molecule has 0 spiro atoms. The molecular weight excluding hydrogens is 348 g/mol. The fourth-order valence-corrected chi connectivity index (χ4v) is 3.53. The van der Waals surface area contributed by atoms with Gasteiger partial charge in [0.25, 0.3) is 0 Å². The minimum atomic E-state index is -1.00. The number of amides is 2. The van der Waals surface area contributed by atoms with Gasteiger partial charge in [-0.3, -0.25) is 4.79 Å². The monoisotopic (exact) mass is 384 g/mol. The van der Waals surface area contributed by atoms with Crippen molar-refractivity contribution >= 4 is 18.0 Å². The molecule has 0 aromatic rings. The van der Waals surface area contributed by atoms with E-state index in [4.69, 9.17) is 4.74 Å². The first-order valence-electron chi connectivity index (χ1n) is 9.68. The summed E-state index contributed by atoms with van der Waals surface area (Å²) in [5.74, 6) is -1.21. The molecule has 1 saturated heterocycles. The highest BCUT2D eigenvalue weighted by atomic mass is 16.6. The number of hydrogen-bond acceptors (Lipinski definition) is 4. The first kappa shape index (κ1) is 23.2. The van der Waals surface area contributed by atoms with Crippen LogP contribution in [0.1, 0.15) is 74.7 Å². The van der Waals surface area contributed by atoms with Gasteiger partial charge in [-0.05, 0) is 51.4 Å². The second-order valence-corrected chi connectivity index (χ2v) is 9.89. The second-order valence-electron chi connectivity index (χ2n) is 9.89. The van der Waals surface area contributed by atoms with Gasteiger partial charge in [0.2, 0.25) is 5.91 Å². The van der Waals surface area contributed by atoms with Crippen LogP contribution in [0.4, 0.5) is 4.79 Å². The minimum absolute atomic E-state index is 0.146. The second kappa shape index (κ2) is 8.48. The van der Waals surface area contributed by atoms with Crippen molar-refractivity contribution in [2.24, 2.45) is 11.3 Å². The third-order valence-corrected chi connectivity index (χ3v) is 4.62. The Labute approximate surface area is 162 Å². The van der Waals surface area contributed by atoms with Crippen LogP contribution in [0.25, 0.3) is 0 Å². The molecule has 0 saturated carbocycles. The summed E-state index contributed by atoms with van der Waals surface area (Å²) in [5, 5.41) is 12.3. The summed E-state index contributed by atoms with van der Waals surface area (Å²) < 4.78 is 5.29. The number of carboxylic acids is 1. The average molecular weight is 385 g/mol. The highest BCUT2D eigenvalue weighted by Gasteiger charge is 2.47. The van der Waals surface area contributed by atoms with Crippen LogP contribution in [0.15, 0.2) is 0 Å². The van der Waals surface area contributed by atoms with Gasteiger partial charge in [0.15, 0.2) is 0 Å². The molecule has 0 radical (unpaired) electrons. The van der Waals surface area contributed by atoms with Crippen LogP contribution in [0.3, 0.4) is 0 Å². The van der Waals surface area contributed by atoms with Crippen molar-refractivity contribution in [3.63, 3.8) is 0 Å². The van der Waals surface area contributed by atoms with Crippen LogP contribution in [-0.4, -0.2) is 51.7 Å². The molecule has 0 aromatic heterocycles. The average Bonchev–Trinajstić information content (AvgIpc) is 2.87. The van der Waals surface area contributed by atoms with Gasteiger partial charge in [0, 0.05) is 6.04 Å². The number of nitrogens with zero attached hydrogens (tertiary/aromatic N) is 1. The highest BCUT2D eigenvalue weighted by molar-refractivity contribution is 5.90. The van der Waals surface area contributed by atoms with Gasteiger partial charge in [-0.25, -0.2) is 9.59 Å². The SMILES string of the molecule is CC(C)C[C@H](NC(=O)OC(C)(C)C)C(=O)N1[C@H](C(=O)O)CC[C@@H]1C(C)(C)C. The number of carbonyl (C=O) groups excluding carboxylic acids is 2. The lowest BCUT2D eigenvalue weighted by molar-refractivity contribution is -0.152. The van der Waals surface area contributed by atoms with Crippen molar-refractivity contribution in [1.82, 2.24) is 10.2 Å². The topological polar surface area (TPSA) is 95.9 Å². The minimum Gasteiger partial charge on any atom is -0.480 e. The summed E-state index contributed by atoms with van der Waals surface area (Å²) in [6, 6.07) is -1.87. The Morgan fingerprint density at radius 2 is 1.67 bits per heavy atom. The molecule has 1 heterocycles. The first-order valence-corrected chi connectivity index (χ1v) is 9.68. The lowest BCUT2D eigenvalue weighted by Crippen LogP contribution is -2.57. The van der Waals surface area contributed by atoms with E-state index < -0.39 is 29.7 Å². The zero-order valence-electron chi connectivity index (χ0n) is 18.0. The van der Waals surface area contributed by atoms with Crippen molar-refractivity contribution in [3.05, 3.63) is 0 Å². The van der Waals surface area contributed by atoms with E-state index >= 15 is 0 Å². The van der Waals surface area contributed by atoms with Gasteiger partial charge in [-0.1, -0.05) is 34.6 Å². The van der Waals surface area contributed by atoms with E-state index in [0.717, 1.165) is 0 Å². The van der Waals surface area contributed by atoms with Crippen LogP contribution < -0.4 is 5.32 Å². The molecule has 27 heavy (non-hydrogen) atoms. The molecule has 0 aromatic carbocycles. The maximum absolute atomic E-state index is 13.3. The molecule has 1 aliphatic rings. The fraction of sp³-hybridized carbons (Fsp3) is 0.850. The van der Waals surface area contributed by atoms with Crippen LogP contribution in [0, 0.1) is 11.3 Å². The summed E-state index contributed by atoms with van der Waals surface area (Å²) in [6.07, 6.45) is 0.800. The number of ether oxygens (including phenoxy) is 1. The number of carboxylic acid groups (broad SMARTS) is 1. The fourth-order valence-electron chi connectivity index (χ4n) is 3.53. The molecule has 1 fully saturated rings. The maximum atomic E-state index is 13.3. The van der Waals surface area contributed by atoms with Crippen molar-refractivity contribution in [1.29, 1.82) is 0 Å². The van der Waals surface area contributed by atoms with E-state index in [9.17, 15) is 19.5 Å². The third kappa shape index (κ3) is 6.70. The Bertz CT molecular complexity index is 560.